The third-order valence-corrected chi connectivity index (χ3v) is 8.13. The maximum absolute atomic E-state index is 14.2. The summed E-state index contributed by atoms with van der Waals surface area (Å²) < 4.78 is 0. The lowest BCUT2D eigenvalue weighted by Crippen LogP contribution is -2.36. The van der Waals surface area contributed by atoms with E-state index >= 15 is 0 Å². The van der Waals surface area contributed by atoms with Crippen molar-refractivity contribution < 1.29 is 19.5 Å². The Hall–Kier alpha value is -5.21. The van der Waals surface area contributed by atoms with E-state index in [1.54, 1.807) is 17.0 Å². The number of likely N-dealkylation sites (N-methyl/N-ethyl adjacent to an activating group) is 1. The molecule has 1 heterocycles. The largest absolute Gasteiger partial charge is 0.481 e. The zero-order valence-corrected chi connectivity index (χ0v) is 26.4. The maximum atomic E-state index is 14.2. The molecule has 8 heteroatoms. The van der Waals surface area contributed by atoms with E-state index in [1.165, 1.54) is 0 Å². The van der Waals surface area contributed by atoms with Crippen molar-refractivity contribution in [3.63, 3.8) is 0 Å². The number of nitrogens with one attached hydrogen (secondary N) is 1. The Morgan fingerprint density at radius 2 is 1.24 bits per heavy atom. The molecule has 0 radical (unpaired) electrons. The minimum Gasteiger partial charge on any atom is -0.481 e. The summed E-state index contributed by atoms with van der Waals surface area (Å²) in [5.74, 6) is -1.36. The fourth-order valence-electron chi connectivity index (χ4n) is 5.67. The molecular formula is C38H40N4O4. The molecule has 8 nitrogen and oxygen atoms in total. The van der Waals surface area contributed by atoms with Crippen molar-refractivity contribution in [1.82, 2.24) is 19.7 Å². The molecule has 0 saturated carbocycles. The highest BCUT2D eigenvalue weighted by Gasteiger charge is 2.25. The van der Waals surface area contributed by atoms with E-state index in [2.05, 4.69) is 4.98 Å². The number of nitrogens with zero attached hydrogens (tertiary/aromatic N) is 3. The molecule has 236 valence electrons. The summed E-state index contributed by atoms with van der Waals surface area (Å²) in [4.78, 5) is 48.8. The zero-order valence-electron chi connectivity index (χ0n) is 26.4. The highest BCUT2D eigenvalue weighted by Crippen LogP contribution is 2.30. The summed E-state index contributed by atoms with van der Waals surface area (Å²) in [6.07, 6.45) is 2.34. The van der Waals surface area contributed by atoms with E-state index in [-0.39, 0.29) is 24.8 Å². The molecule has 2 N–H and O–H groups in total. The molecule has 0 aliphatic rings. The van der Waals surface area contributed by atoms with Crippen LogP contribution < -0.4 is 0 Å². The third-order valence-electron chi connectivity index (χ3n) is 8.13. The van der Waals surface area contributed by atoms with Gasteiger partial charge in [-0.3, -0.25) is 14.4 Å². The lowest BCUT2D eigenvalue weighted by molar-refractivity contribution is -0.137. The Labute approximate surface area is 269 Å². The smallest absolute Gasteiger partial charge is 0.305 e. The number of carboxylic acid groups (broad SMARTS) is 1. The molecule has 2 amide bonds. The van der Waals surface area contributed by atoms with Crippen LogP contribution in [0.3, 0.4) is 0 Å². The molecule has 0 aliphatic heterocycles. The van der Waals surface area contributed by atoms with E-state index in [1.807, 2.05) is 121 Å². The molecule has 0 fully saturated rings. The number of benzene rings is 4. The monoisotopic (exact) mass is 616 g/mol. The Bertz CT molecular complexity index is 1800. The van der Waals surface area contributed by atoms with Gasteiger partial charge in [-0.2, -0.15) is 0 Å². The van der Waals surface area contributed by atoms with Crippen LogP contribution in [-0.4, -0.2) is 82.8 Å². The molecule has 5 aromatic rings. The second-order valence-corrected chi connectivity index (χ2v) is 11.7. The highest BCUT2D eigenvalue weighted by atomic mass is 16.4. The molecule has 46 heavy (non-hydrogen) atoms. The number of hydrogen-bond acceptors (Lipinski definition) is 4. The van der Waals surface area contributed by atoms with Gasteiger partial charge in [0.2, 0.25) is 0 Å². The van der Waals surface area contributed by atoms with Crippen molar-refractivity contribution in [1.29, 1.82) is 0 Å². The average molecular weight is 617 g/mol. The number of rotatable bonds is 14. The number of H-pyrrole nitrogens is 1. The van der Waals surface area contributed by atoms with Crippen LogP contribution in [0.4, 0.5) is 0 Å². The first-order valence-electron chi connectivity index (χ1n) is 15.5. The van der Waals surface area contributed by atoms with Crippen molar-refractivity contribution in [3.8, 4) is 11.1 Å². The van der Waals surface area contributed by atoms with Crippen LogP contribution in [0.5, 0.6) is 0 Å². The standard InChI is InChI=1S/C38H40N4O4/c1-40(2)24-25-42(27-28-12-4-3-5-13-28)38(46)34-18-9-7-16-32(34)31-15-6-8-17-33(31)37(45)41(23-21-36(43)44)22-20-29-26-39-35-19-11-10-14-30(29)35/h3-19,26,39H,20-25,27H2,1-2H3,(H,43,44). The number of aromatic nitrogens is 1. The average Bonchev–Trinajstić information content (AvgIpc) is 3.49. The first-order chi connectivity index (χ1) is 22.3. The Morgan fingerprint density at radius 1 is 0.652 bits per heavy atom. The minimum absolute atomic E-state index is 0.0703. The Kier molecular flexibility index (Phi) is 10.6. The van der Waals surface area contributed by atoms with E-state index < -0.39 is 5.97 Å². The number of hydrogen-bond donors (Lipinski definition) is 2. The second kappa shape index (κ2) is 15.2. The van der Waals surface area contributed by atoms with Crippen molar-refractivity contribution >= 4 is 28.7 Å². The topological polar surface area (TPSA) is 97.0 Å². The van der Waals surface area contributed by atoms with Gasteiger partial charge >= 0.3 is 5.97 Å². The van der Waals surface area contributed by atoms with E-state index in [0.29, 0.717) is 54.9 Å². The number of carbonyl (C=O) groups is 3. The number of carboxylic acids is 1. The van der Waals surface area contributed by atoms with Gasteiger partial charge in [-0.1, -0.05) is 84.9 Å². The van der Waals surface area contributed by atoms with Gasteiger partial charge in [0.05, 0.1) is 6.42 Å². The summed E-state index contributed by atoms with van der Waals surface area (Å²) >= 11 is 0. The molecule has 1 aromatic heterocycles. The van der Waals surface area contributed by atoms with E-state index in [9.17, 15) is 19.5 Å². The summed E-state index contributed by atoms with van der Waals surface area (Å²) in [6, 6.07) is 32.6. The van der Waals surface area contributed by atoms with Crippen LogP contribution in [0, 0.1) is 0 Å². The van der Waals surface area contributed by atoms with Crippen LogP contribution in [0.1, 0.15) is 38.3 Å². The van der Waals surface area contributed by atoms with Crippen molar-refractivity contribution in [2.75, 3.05) is 40.3 Å². The fourth-order valence-corrected chi connectivity index (χ4v) is 5.67. The van der Waals surface area contributed by atoms with Crippen molar-refractivity contribution in [3.05, 3.63) is 132 Å². The van der Waals surface area contributed by atoms with Gasteiger partial charge in [0, 0.05) is 61.0 Å². The first-order valence-corrected chi connectivity index (χ1v) is 15.5. The molecule has 0 spiro atoms. The van der Waals surface area contributed by atoms with Gasteiger partial charge in [-0.05, 0) is 61.0 Å². The van der Waals surface area contributed by atoms with Gasteiger partial charge in [0.25, 0.3) is 11.8 Å². The van der Waals surface area contributed by atoms with Gasteiger partial charge < -0.3 is 24.8 Å². The molecule has 0 bridgehead atoms. The molecule has 5 rings (SSSR count). The van der Waals surface area contributed by atoms with Crippen LogP contribution in [0.15, 0.2) is 109 Å². The Morgan fingerprint density at radius 3 is 1.89 bits per heavy atom. The van der Waals surface area contributed by atoms with E-state index in [4.69, 9.17) is 0 Å². The summed E-state index contributed by atoms with van der Waals surface area (Å²) in [5, 5.41) is 10.6. The van der Waals surface area contributed by atoms with Crippen LogP contribution in [-0.2, 0) is 17.8 Å². The molecule has 0 unspecified atom stereocenters. The summed E-state index contributed by atoms with van der Waals surface area (Å²) in [7, 11) is 3.96. The minimum atomic E-state index is -0.967. The van der Waals surface area contributed by atoms with Crippen LogP contribution in [0.2, 0.25) is 0 Å². The maximum Gasteiger partial charge on any atom is 0.305 e. The number of aliphatic carboxylic acids is 1. The number of carbonyl (C=O) groups excluding carboxylic acids is 2. The predicted molar refractivity (Wildman–Crippen MR) is 182 cm³/mol. The van der Waals surface area contributed by atoms with Crippen molar-refractivity contribution in [2.24, 2.45) is 0 Å². The van der Waals surface area contributed by atoms with Crippen LogP contribution >= 0.6 is 0 Å². The van der Waals surface area contributed by atoms with E-state index in [0.717, 1.165) is 22.0 Å². The zero-order chi connectivity index (χ0) is 32.5. The summed E-state index contributed by atoms with van der Waals surface area (Å²) in [5.41, 5.74) is 5.34. The van der Waals surface area contributed by atoms with Gasteiger partial charge in [0.1, 0.15) is 0 Å². The fraction of sp³-hybridized carbons (Fsp3) is 0.237. The number of para-hydroxylation sites is 1. The van der Waals surface area contributed by atoms with Gasteiger partial charge in [0.15, 0.2) is 0 Å². The molecule has 4 aromatic carbocycles. The number of fused-ring (bicyclic) bond motifs is 1. The van der Waals surface area contributed by atoms with Crippen molar-refractivity contribution in [2.45, 2.75) is 19.4 Å². The quantitative estimate of drug-likeness (QED) is 0.155. The molecular weight excluding hydrogens is 576 g/mol. The lowest BCUT2D eigenvalue weighted by atomic mass is 9.93. The second-order valence-electron chi connectivity index (χ2n) is 11.7. The SMILES string of the molecule is CN(C)CCN(Cc1ccccc1)C(=O)c1ccccc1-c1ccccc1C(=O)N(CCC(=O)O)CCc1c[nH]c2ccccc12. The molecule has 0 saturated heterocycles. The molecule has 0 aliphatic carbocycles. The third kappa shape index (κ3) is 7.89. The first kappa shape index (κ1) is 32.2. The Balaban J connectivity index is 1.46. The predicted octanol–water partition coefficient (Wildman–Crippen LogP) is 6.20. The molecule has 0 atom stereocenters. The van der Waals surface area contributed by atoms with Crippen LogP contribution in [0.25, 0.3) is 22.0 Å². The number of amides is 2. The van der Waals surface area contributed by atoms with Gasteiger partial charge in [-0.15, -0.1) is 0 Å². The number of aromatic amines is 1. The summed E-state index contributed by atoms with van der Waals surface area (Å²) in [6.45, 7) is 2.11. The lowest BCUT2D eigenvalue weighted by Gasteiger charge is -2.26. The highest BCUT2D eigenvalue weighted by molar-refractivity contribution is 6.06. The van der Waals surface area contributed by atoms with Gasteiger partial charge in [-0.25, -0.2) is 0 Å². The normalized spacial score (nSPS) is 11.1.